The van der Waals surface area contributed by atoms with Gasteiger partial charge in [-0.25, -0.2) is 4.39 Å². The van der Waals surface area contributed by atoms with Crippen LogP contribution in [0.15, 0.2) is 40.4 Å². The number of benzene rings is 1. The normalized spacial score (nSPS) is 11.2. The van der Waals surface area contributed by atoms with E-state index in [1.54, 1.807) is 22.5 Å². The van der Waals surface area contributed by atoms with Crippen molar-refractivity contribution in [2.75, 3.05) is 6.54 Å². The largest absolute Gasteiger partial charge is 0.312 e. The number of aryl methyl sites for hydroxylation is 1. The van der Waals surface area contributed by atoms with Gasteiger partial charge in [0.05, 0.1) is 11.1 Å². The van der Waals surface area contributed by atoms with E-state index in [0.29, 0.717) is 12.5 Å². The minimum absolute atomic E-state index is 0.193. The molecule has 0 fully saturated rings. The smallest absolute Gasteiger partial charge is 0.123 e. The molecule has 0 saturated heterocycles. The first-order valence-corrected chi connectivity index (χ1v) is 7.52. The van der Waals surface area contributed by atoms with Crippen LogP contribution in [0, 0.1) is 11.7 Å². The van der Waals surface area contributed by atoms with Crippen molar-refractivity contribution in [3.05, 3.63) is 42.0 Å². The third-order valence-corrected chi connectivity index (χ3v) is 3.86. The van der Waals surface area contributed by atoms with Crippen LogP contribution in [-0.2, 0) is 13.6 Å². The number of halogens is 1. The highest BCUT2D eigenvalue weighted by Crippen LogP contribution is 2.30. The van der Waals surface area contributed by atoms with Gasteiger partial charge in [0.25, 0.3) is 0 Å². The predicted octanol–water partition coefficient (Wildman–Crippen LogP) is 3.46. The lowest BCUT2D eigenvalue weighted by molar-refractivity contribution is 0.547. The van der Waals surface area contributed by atoms with Crippen LogP contribution in [-0.4, -0.2) is 16.3 Å². The molecule has 0 aliphatic heterocycles. The maximum absolute atomic E-state index is 13.4. The molecule has 1 aromatic carbocycles. The summed E-state index contributed by atoms with van der Waals surface area (Å²) in [6.45, 7) is 5.92. The first kappa shape index (κ1) is 15.1. The van der Waals surface area contributed by atoms with Gasteiger partial charge in [-0.1, -0.05) is 25.6 Å². The Kier molecular flexibility index (Phi) is 5.20. The fourth-order valence-electron chi connectivity index (χ4n) is 1.86. The van der Waals surface area contributed by atoms with Gasteiger partial charge in [0, 0.05) is 24.7 Å². The average Bonchev–Trinajstić information content (AvgIpc) is 2.78. The van der Waals surface area contributed by atoms with E-state index in [0.717, 1.165) is 21.9 Å². The van der Waals surface area contributed by atoms with Crippen LogP contribution in [0.2, 0.25) is 0 Å². The third-order valence-electron chi connectivity index (χ3n) is 2.80. The SMILES string of the molecule is CC(C)CNCc1cc(F)ccc1Sc1cnn(C)c1. The molecule has 1 aromatic heterocycles. The summed E-state index contributed by atoms with van der Waals surface area (Å²) in [5.41, 5.74) is 0.986. The summed E-state index contributed by atoms with van der Waals surface area (Å²) in [6.07, 6.45) is 3.78. The number of nitrogens with one attached hydrogen (secondary N) is 1. The van der Waals surface area contributed by atoms with E-state index in [9.17, 15) is 4.39 Å². The monoisotopic (exact) mass is 293 g/mol. The molecule has 0 saturated carbocycles. The topological polar surface area (TPSA) is 29.9 Å². The number of hydrogen-bond acceptors (Lipinski definition) is 3. The number of hydrogen-bond donors (Lipinski definition) is 1. The second-order valence-corrected chi connectivity index (χ2v) is 6.34. The summed E-state index contributed by atoms with van der Waals surface area (Å²) < 4.78 is 15.2. The van der Waals surface area contributed by atoms with Crippen molar-refractivity contribution < 1.29 is 4.39 Å². The summed E-state index contributed by atoms with van der Waals surface area (Å²) >= 11 is 1.61. The van der Waals surface area contributed by atoms with Crippen molar-refractivity contribution in [1.82, 2.24) is 15.1 Å². The Balaban J connectivity index is 2.10. The summed E-state index contributed by atoms with van der Waals surface area (Å²) in [7, 11) is 1.89. The number of nitrogens with zero attached hydrogens (tertiary/aromatic N) is 2. The molecule has 1 heterocycles. The molecule has 2 aromatic rings. The van der Waals surface area contributed by atoms with E-state index in [-0.39, 0.29) is 5.82 Å². The third kappa shape index (κ3) is 4.35. The Morgan fingerprint density at radius 1 is 1.40 bits per heavy atom. The number of rotatable bonds is 6. The molecular formula is C15H20FN3S. The van der Waals surface area contributed by atoms with Gasteiger partial charge in [0.2, 0.25) is 0 Å². The van der Waals surface area contributed by atoms with E-state index >= 15 is 0 Å². The molecule has 0 aliphatic rings. The maximum Gasteiger partial charge on any atom is 0.123 e. The first-order chi connectivity index (χ1) is 9.54. The number of aromatic nitrogens is 2. The van der Waals surface area contributed by atoms with E-state index in [1.165, 1.54) is 6.07 Å². The van der Waals surface area contributed by atoms with E-state index < -0.39 is 0 Å². The maximum atomic E-state index is 13.4. The van der Waals surface area contributed by atoms with Gasteiger partial charge >= 0.3 is 0 Å². The van der Waals surface area contributed by atoms with Crippen molar-refractivity contribution in [2.24, 2.45) is 13.0 Å². The zero-order chi connectivity index (χ0) is 14.5. The fraction of sp³-hybridized carbons (Fsp3) is 0.400. The highest BCUT2D eigenvalue weighted by Gasteiger charge is 2.07. The van der Waals surface area contributed by atoms with Gasteiger partial charge < -0.3 is 5.32 Å². The lowest BCUT2D eigenvalue weighted by atomic mass is 10.2. The van der Waals surface area contributed by atoms with Gasteiger partial charge in [0.1, 0.15) is 5.82 Å². The second-order valence-electron chi connectivity index (χ2n) is 5.23. The summed E-state index contributed by atoms with van der Waals surface area (Å²) in [5, 5.41) is 7.51. The van der Waals surface area contributed by atoms with Crippen LogP contribution in [0.5, 0.6) is 0 Å². The van der Waals surface area contributed by atoms with Gasteiger partial charge in [-0.3, -0.25) is 4.68 Å². The Morgan fingerprint density at radius 3 is 2.85 bits per heavy atom. The Bertz CT molecular complexity index is 566. The lowest BCUT2D eigenvalue weighted by Crippen LogP contribution is -2.19. The molecule has 3 nitrogen and oxygen atoms in total. The molecule has 108 valence electrons. The molecule has 20 heavy (non-hydrogen) atoms. The zero-order valence-corrected chi connectivity index (χ0v) is 12.9. The van der Waals surface area contributed by atoms with Crippen LogP contribution in [0.25, 0.3) is 0 Å². The molecule has 5 heteroatoms. The average molecular weight is 293 g/mol. The highest BCUT2D eigenvalue weighted by atomic mass is 32.2. The molecule has 1 N–H and O–H groups in total. The molecule has 0 unspecified atom stereocenters. The first-order valence-electron chi connectivity index (χ1n) is 6.70. The van der Waals surface area contributed by atoms with Crippen molar-refractivity contribution >= 4 is 11.8 Å². The summed E-state index contributed by atoms with van der Waals surface area (Å²) in [6, 6.07) is 4.94. The predicted molar refractivity (Wildman–Crippen MR) is 80.3 cm³/mol. The Labute approximate surface area is 123 Å². The molecule has 0 spiro atoms. The van der Waals surface area contributed by atoms with Crippen LogP contribution >= 0.6 is 11.8 Å². The van der Waals surface area contributed by atoms with Gasteiger partial charge in [-0.2, -0.15) is 5.10 Å². The van der Waals surface area contributed by atoms with Gasteiger partial charge in [-0.15, -0.1) is 0 Å². The Morgan fingerprint density at radius 2 is 2.20 bits per heavy atom. The van der Waals surface area contributed by atoms with Gasteiger partial charge in [-0.05, 0) is 36.2 Å². The molecule has 0 radical (unpaired) electrons. The minimum atomic E-state index is -0.193. The van der Waals surface area contributed by atoms with Crippen molar-refractivity contribution in [2.45, 2.75) is 30.2 Å². The van der Waals surface area contributed by atoms with E-state index in [1.807, 2.05) is 25.5 Å². The van der Waals surface area contributed by atoms with Crippen LogP contribution < -0.4 is 5.32 Å². The summed E-state index contributed by atoms with van der Waals surface area (Å²) in [5.74, 6) is 0.389. The van der Waals surface area contributed by atoms with Crippen molar-refractivity contribution in [3.8, 4) is 0 Å². The van der Waals surface area contributed by atoms with Crippen LogP contribution in [0.1, 0.15) is 19.4 Å². The molecule has 2 rings (SSSR count). The summed E-state index contributed by atoms with van der Waals surface area (Å²) in [4.78, 5) is 2.12. The van der Waals surface area contributed by atoms with E-state index in [4.69, 9.17) is 0 Å². The highest BCUT2D eigenvalue weighted by molar-refractivity contribution is 7.99. The quantitative estimate of drug-likeness (QED) is 0.884. The van der Waals surface area contributed by atoms with Crippen LogP contribution in [0.3, 0.4) is 0 Å². The van der Waals surface area contributed by atoms with Crippen molar-refractivity contribution in [1.29, 1.82) is 0 Å². The zero-order valence-electron chi connectivity index (χ0n) is 12.1. The molecule has 0 amide bonds. The van der Waals surface area contributed by atoms with E-state index in [2.05, 4.69) is 24.3 Å². The molecule has 0 atom stereocenters. The minimum Gasteiger partial charge on any atom is -0.312 e. The standard InChI is InChI=1S/C15H20FN3S/c1-11(2)7-17-8-12-6-13(16)4-5-15(12)20-14-9-18-19(3)10-14/h4-6,9-11,17H,7-8H2,1-3H3. The molecule has 0 bridgehead atoms. The fourth-order valence-corrected chi connectivity index (χ4v) is 2.82. The second kappa shape index (κ2) is 6.90. The van der Waals surface area contributed by atoms with Crippen molar-refractivity contribution in [3.63, 3.8) is 0 Å². The Hall–Kier alpha value is -1.33. The lowest BCUT2D eigenvalue weighted by Gasteiger charge is -2.11. The molecular weight excluding hydrogens is 273 g/mol. The van der Waals surface area contributed by atoms with Gasteiger partial charge in [0.15, 0.2) is 0 Å². The van der Waals surface area contributed by atoms with Crippen LogP contribution in [0.4, 0.5) is 4.39 Å². The molecule has 0 aliphatic carbocycles.